The van der Waals surface area contributed by atoms with Gasteiger partial charge < -0.3 is 11.5 Å². The minimum Gasteiger partial charge on any atom is -0.315 e. The van der Waals surface area contributed by atoms with Gasteiger partial charge in [0.1, 0.15) is 0 Å². The Morgan fingerprint density at radius 2 is 1.38 bits per heavy atom. The van der Waals surface area contributed by atoms with Crippen molar-refractivity contribution in [1.82, 2.24) is 0 Å². The third kappa shape index (κ3) is 4.46. The van der Waals surface area contributed by atoms with Crippen LogP contribution in [0.2, 0.25) is 0 Å². The summed E-state index contributed by atoms with van der Waals surface area (Å²) in [5.41, 5.74) is 15.1. The number of hydrogen-bond acceptors (Lipinski definition) is 2. The van der Waals surface area contributed by atoms with Crippen LogP contribution in [0.1, 0.15) is 50.7 Å². The lowest BCUT2D eigenvalue weighted by Gasteiger charge is -2.41. The van der Waals surface area contributed by atoms with Crippen molar-refractivity contribution in [2.75, 3.05) is 0 Å². The van der Waals surface area contributed by atoms with Crippen LogP contribution in [0.3, 0.4) is 0 Å². The molecule has 2 nitrogen and oxygen atoms in total. The summed E-state index contributed by atoms with van der Waals surface area (Å²) >= 11 is 0. The molecule has 0 saturated carbocycles. The molecule has 1 unspecified atom stereocenters. The van der Waals surface area contributed by atoms with Crippen LogP contribution in [-0.4, -0.2) is 6.17 Å². The summed E-state index contributed by atoms with van der Waals surface area (Å²) in [5, 5.41) is 0. The van der Waals surface area contributed by atoms with Gasteiger partial charge in [-0.05, 0) is 36.3 Å². The topological polar surface area (TPSA) is 52.0 Å². The largest absolute Gasteiger partial charge is 0.315 e. The van der Waals surface area contributed by atoms with E-state index in [0.717, 1.165) is 19.3 Å². The van der Waals surface area contributed by atoms with Crippen molar-refractivity contribution in [2.24, 2.45) is 17.4 Å². The van der Waals surface area contributed by atoms with Gasteiger partial charge in [-0.1, -0.05) is 87.4 Å². The summed E-state index contributed by atoms with van der Waals surface area (Å²) in [6.07, 6.45) is 5.44. The predicted molar refractivity (Wildman–Crippen MR) is 104 cm³/mol. The molecule has 0 fully saturated rings. The van der Waals surface area contributed by atoms with Crippen molar-refractivity contribution in [3.05, 3.63) is 71.8 Å². The van der Waals surface area contributed by atoms with Crippen LogP contribution in [0, 0.1) is 5.92 Å². The van der Waals surface area contributed by atoms with E-state index >= 15 is 0 Å². The Labute approximate surface area is 147 Å². The lowest BCUT2D eigenvalue weighted by molar-refractivity contribution is 0.225. The average molecular weight is 325 g/mol. The Bertz CT molecular complexity index is 567. The van der Waals surface area contributed by atoms with E-state index in [0.29, 0.717) is 5.92 Å². The number of unbranched alkanes of at least 4 members (excludes halogenated alkanes) is 2. The normalized spacial score (nSPS) is 14.1. The second kappa shape index (κ2) is 9.00. The smallest absolute Gasteiger partial charge is 0.0623 e. The third-order valence-electron chi connectivity index (χ3n) is 5.34. The number of benzene rings is 2. The molecule has 0 aliphatic carbocycles. The van der Waals surface area contributed by atoms with E-state index in [4.69, 9.17) is 11.5 Å². The summed E-state index contributed by atoms with van der Waals surface area (Å²) in [6, 6.07) is 21.3. The fourth-order valence-corrected chi connectivity index (χ4v) is 3.83. The van der Waals surface area contributed by atoms with Gasteiger partial charge >= 0.3 is 0 Å². The van der Waals surface area contributed by atoms with Crippen LogP contribution in [0.5, 0.6) is 0 Å². The fraction of sp³-hybridized carbons (Fsp3) is 0.455. The first-order valence-corrected chi connectivity index (χ1v) is 9.18. The molecule has 0 spiro atoms. The molecule has 0 amide bonds. The predicted octanol–water partition coefficient (Wildman–Crippen LogP) is 4.63. The third-order valence-corrected chi connectivity index (χ3v) is 5.34. The van der Waals surface area contributed by atoms with Gasteiger partial charge in [-0.15, -0.1) is 0 Å². The maximum absolute atomic E-state index is 6.29. The Morgan fingerprint density at radius 3 is 1.92 bits per heavy atom. The van der Waals surface area contributed by atoms with Gasteiger partial charge in [0.15, 0.2) is 0 Å². The standard InChI is InChI=1S/C22H32N2/c1-18(2)22(21(23)24,20-15-9-4-10-16-20)17-11-5-8-14-19-12-6-3-7-13-19/h3-4,6-7,9-10,12-13,15-16,18,21H,5,8,11,14,17,23-24H2,1-2H3. The minimum absolute atomic E-state index is 0.145. The van der Waals surface area contributed by atoms with E-state index in [1.165, 1.54) is 24.0 Å². The molecule has 0 aromatic heterocycles. The maximum atomic E-state index is 6.29. The monoisotopic (exact) mass is 324 g/mol. The van der Waals surface area contributed by atoms with Gasteiger partial charge in [0.25, 0.3) is 0 Å². The summed E-state index contributed by atoms with van der Waals surface area (Å²) in [7, 11) is 0. The molecule has 24 heavy (non-hydrogen) atoms. The average Bonchev–Trinajstić information content (AvgIpc) is 2.59. The SMILES string of the molecule is CC(C)C(CCCCCc1ccccc1)(c1ccccc1)C(N)N. The zero-order valence-corrected chi connectivity index (χ0v) is 15.1. The van der Waals surface area contributed by atoms with Crippen molar-refractivity contribution in [3.8, 4) is 0 Å². The minimum atomic E-state index is -0.339. The molecule has 2 aromatic carbocycles. The lowest BCUT2D eigenvalue weighted by atomic mass is 9.66. The quantitative estimate of drug-likeness (QED) is 0.522. The fourth-order valence-electron chi connectivity index (χ4n) is 3.83. The first-order chi connectivity index (χ1) is 11.6. The molecule has 0 saturated heterocycles. The molecule has 2 rings (SSSR count). The van der Waals surface area contributed by atoms with E-state index in [-0.39, 0.29) is 11.6 Å². The molecule has 2 aromatic rings. The number of rotatable bonds is 9. The van der Waals surface area contributed by atoms with E-state index in [1.54, 1.807) is 0 Å². The van der Waals surface area contributed by atoms with Gasteiger partial charge in [-0.2, -0.15) is 0 Å². The molecular weight excluding hydrogens is 292 g/mol. The first-order valence-electron chi connectivity index (χ1n) is 9.18. The second-order valence-electron chi connectivity index (χ2n) is 7.13. The van der Waals surface area contributed by atoms with Crippen LogP contribution in [0.4, 0.5) is 0 Å². The highest BCUT2D eigenvalue weighted by molar-refractivity contribution is 5.28. The Morgan fingerprint density at radius 1 is 0.792 bits per heavy atom. The highest BCUT2D eigenvalue weighted by Crippen LogP contribution is 2.38. The molecular formula is C22H32N2. The number of nitrogens with two attached hydrogens (primary N) is 2. The van der Waals surface area contributed by atoms with Crippen LogP contribution >= 0.6 is 0 Å². The van der Waals surface area contributed by atoms with Gasteiger partial charge in [-0.25, -0.2) is 0 Å². The van der Waals surface area contributed by atoms with Gasteiger partial charge in [0.2, 0.25) is 0 Å². The van der Waals surface area contributed by atoms with Crippen molar-refractivity contribution in [2.45, 2.75) is 57.5 Å². The Balaban J connectivity index is 1.96. The summed E-state index contributed by atoms with van der Waals surface area (Å²) < 4.78 is 0. The molecule has 130 valence electrons. The van der Waals surface area contributed by atoms with Crippen molar-refractivity contribution in [1.29, 1.82) is 0 Å². The molecule has 0 bridgehead atoms. The molecule has 0 heterocycles. The molecule has 2 heteroatoms. The zero-order chi connectivity index (χ0) is 17.4. The lowest BCUT2D eigenvalue weighted by Crippen LogP contribution is -2.54. The maximum Gasteiger partial charge on any atom is 0.0623 e. The number of hydrogen-bond donors (Lipinski definition) is 2. The highest BCUT2D eigenvalue weighted by Gasteiger charge is 2.39. The highest BCUT2D eigenvalue weighted by atomic mass is 14.9. The summed E-state index contributed by atoms with van der Waals surface area (Å²) in [6.45, 7) is 4.48. The molecule has 0 radical (unpaired) electrons. The van der Waals surface area contributed by atoms with E-state index in [2.05, 4.69) is 74.5 Å². The summed E-state index contributed by atoms with van der Waals surface area (Å²) in [4.78, 5) is 0. The molecule has 0 aliphatic rings. The molecule has 0 aliphatic heterocycles. The zero-order valence-electron chi connectivity index (χ0n) is 15.1. The number of aryl methyl sites for hydroxylation is 1. The van der Waals surface area contributed by atoms with Crippen LogP contribution in [0.15, 0.2) is 60.7 Å². The van der Waals surface area contributed by atoms with Crippen molar-refractivity contribution in [3.63, 3.8) is 0 Å². The van der Waals surface area contributed by atoms with E-state index in [9.17, 15) is 0 Å². The Hall–Kier alpha value is -1.64. The van der Waals surface area contributed by atoms with E-state index in [1.807, 2.05) is 0 Å². The van der Waals surface area contributed by atoms with Crippen LogP contribution < -0.4 is 11.5 Å². The Kier molecular flexibility index (Phi) is 7.01. The van der Waals surface area contributed by atoms with Gasteiger partial charge in [0.05, 0.1) is 6.17 Å². The first kappa shape index (κ1) is 18.7. The van der Waals surface area contributed by atoms with Gasteiger partial charge in [0, 0.05) is 5.41 Å². The van der Waals surface area contributed by atoms with Crippen LogP contribution in [0.25, 0.3) is 0 Å². The van der Waals surface area contributed by atoms with E-state index < -0.39 is 0 Å². The molecule has 4 N–H and O–H groups in total. The summed E-state index contributed by atoms with van der Waals surface area (Å²) in [5.74, 6) is 0.411. The van der Waals surface area contributed by atoms with Crippen molar-refractivity contribution < 1.29 is 0 Å². The molecule has 1 atom stereocenters. The van der Waals surface area contributed by atoms with Crippen LogP contribution in [-0.2, 0) is 11.8 Å². The van der Waals surface area contributed by atoms with Gasteiger partial charge in [-0.3, -0.25) is 0 Å². The second-order valence-corrected chi connectivity index (χ2v) is 7.13. The van der Waals surface area contributed by atoms with Crippen molar-refractivity contribution >= 4 is 0 Å².